The number of anilines is 1. The summed E-state index contributed by atoms with van der Waals surface area (Å²) >= 11 is 0. The van der Waals surface area contributed by atoms with Gasteiger partial charge in [0.1, 0.15) is 5.75 Å². The van der Waals surface area contributed by atoms with E-state index in [0.29, 0.717) is 6.04 Å². The minimum Gasteiger partial charge on any atom is -0.496 e. The van der Waals surface area contributed by atoms with Crippen LogP contribution in [0.3, 0.4) is 0 Å². The van der Waals surface area contributed by atoms with E-state index < -0.39 is 0 Å². The minimum absolute atomic E-state index is 0.274. The van der Waals surface area contributed by atoms with Crippen LogP contribution >= 0.6 is 0 Å². The fourth-order valence-electron chi connectivity index (χ4n) is 2.83. The molecule has 1 aromatic carbocycles. The number of rotatable bonds is 4. The molecule has 2 rings (SSSR count). The molecule has 0 aliphatic carbocycles. The third kappa shape index (κ3) is 2.91. The molecule has 1 N–H and O–H groups in total. The zero-order valence-corrected chi connectivity index (χ0v) is 13.3. The highest BCUT2D eigenvalue weighted by Gasteiger charge is 2.25. The molecule has 0 bridgehead atoms. The lowest BCUT2D eigenvalue weighted by Gasteiger charge is -2.40. The van der Waals surface area contributed by atoms with Gasteiger partial charge in [0.25, 0.3) is 0 Å². The number of ether oxygens (including phenoxy) is 1. The van der Waals surface area contributed by atoms with Crippen molar-refractivity contribution in [2.75, 3.05) is 45.7 Å². The fourth-order valence-corrected chi connectivity index (χ4v) is 2.83. The Labute approximate surface area is 122 Å². The van der Waals surface area contributed by atoms with Crippen LogP contribution in [0.25, 0.3) is 0 Å². The molecule has 20 heavy (non-hydrogen) atoms. The third-order valence-corrected chi connectivity index (χ3v) is 4.43. The summed E-state index contributed by atoms with van der Waals surface area (Å²) in [6.45, 7) is 7.70. The molecule has 112 valence electrons. The molecule has 2 atom stereocenters. The first-order valence-electron chi connectivity index (χ1n) is 7.37. The van der Waals surface area contributed by atoms with E-state index in [1.54, 1.807) is 7.11 Å². The molecule has 0 spiro atoms. The molecule has 1 aliphatic heterocycles. The first-order chi connectivity index (χ1) is 9.58. The van der Waals surface area contributed by atoms with Gasteiger partial charge in [0, 0.05) is 43.0 Å². The van der Waals surface area contributed by atoms with Crippen LogP contribution in [0, 0.1) is 0 Å². The molecule has 4 nitrogen and oxygen atoms in total. The van der Waals surface area contributed by atoms with Gasteiger partial charge >= 0.3 is 0 Å². The summed E-state index contributed by atoms with van der Waals surface area (Å²) in [7, 11) is 5.94. The topological polar surface area (TPSA) is 27.7 Å². The largest absolute Gasteiger partial charge is 0.496 e. The van der Waals surface area contributed by atoms with E-state index in [1.807, 2.05) is 13.1 Å². The van der Waals surface area contributed by atoms with E-state index in [-0.39, 0.29) is 6.04 Å². The van der Waals surface area contributed by atoms with Gasteiger partial charge in [0.15, 0.2) is 0 Å². The quantitative estimate of drug-likeness (QED) is 0.912. The molecular formula is C16H27N3O. The summed E-state index contributed by atoms with van der Waals surface area (Å²) in [6, 6.07) is 7.20. The molecule has 0 radical (unpaired) electrons. The van der Waals surface area contributed by atoms with Gasteiger partial charge in [0.05, 0.1) is 7.11 Å². The lowest BCUT2D eigenvalue weighted by Crippen LogP contribution is -2.50. The van der Waals surface area contributed by atoms with Crippen molar-refractivity contribution in [1.29, 1.82) is 0 Å². The molecule has 0 aromatic heterocycles. The monoisotopic (exact) mass is 277 g/mol. The molecule has 0 saturated carbocycles. The average Bonchev–Trinajstić information content (AvgIpc) is 2.48. The zero-order chi connectivity index (χ0) is 14.7. The molecule has 2 unspecified atom stereocenters. The van der Waals surface area contributed by atoms with Crippen molar-refractivity contribution in [2.24, 2.45) is 0 Å². The van der Waals surface area contributed by atoms with Crippen LogP contribution in [0.4, 0.5) is 5.69 Å². The van der Waals surface area contributed by atoms with Crippen LogP contribution in [0.5, 0.6) is 5.75 Å². The maximum Gasteiger partial charge on any atom is 0.125 e. The van der Waals surface area contributed by atoms with Crippen molar-refractivity contribution < 1.29 is 4.74 Å². The summed E-state index contributed by atoms with van der Waals surface area (Å²) in [6.07, 6.45) is 0. The predicted octanol–water partition coefficient (Wildman–Crippen LogP) is 2.12. The lowest BCUT2D eigenvalue weighted by atomic mass is 10.0. The predicted molar refractivity (Wildman–Crippen MR) is 84.8 cm³/mol. The highest BCUT2D eigenvalue weighted by atomic mass is 16.5. The second-order valence-electron chi connectivity index (χ2n) is 5.68. The van der Waals surface area contributed by atoms with Crippen LogP contribution in [0.1, 0.15) is 25.5 Å². The number of likely N-dealkylation sites (N-methyl/N-ethyl adjacent to an activating group) is 1. The number of methoxy groups -OCH3 is 1. The van der Waals surface area contributed by atoms with Gasteiger partial charge in [0.2, 0.25) is 0 Å². The molecule has 1 fully saturated rings. The van der Waals surface area contributed by atoms with Crippen molar-refractivity contribution in [3.8, 4) is 5.75 Å². The number of hydrogen-bond donors (Lipinski definition) is 1. The molecule has 4 heteroatoms. The van der Waals surface area contributed by atoms with Gasteiger partial charge in [-0.3, -0.25) is 0 Å². The third-order valence-electron chi connectivity index (χ3n) is 4.43. The van der Waals surface area contributed by atoms with E-state index in [0.717, 1.165) is 25.4 Å². The molecule has 1 aliphatic rings. The van der Waals surface area contributed by atoms with Gasteiger partial charge in [-0.1, -0.05) is 6.07 Å². The molecular weight excluding hydrogens is 250 g/mol. The number of hydrogen-bond acceptors (Lipinski definition) is 4. The van der Waals surface area contributed by atoms with Crippen molar-refractivity contribution in [3.05, 3.63) is 23.8 Å². The Balaban J connectivity index is 2.35. The van der Waals surface area contributed by atoms with E-state index in [9.17, 15) is 0 Å². The van der Waals surface area contributed by atoms with Gasteiger partial charge in [-0.15, -0.1) is 0 Å². The lowest BCUT2D eigenvalue weighted by molar-refractivity contribution is 0.233. The van der Waals surface area contributed by atoms with Gasteiger partial charge in [-0.2, -0.15) is 0 Å². The van der Waals surface area contributed by atoms with E-state index in [4.69, 9.17) is 4.74 Å². The number of nitrogens with zero attached hydrogens (tertiary/aromatic N) is 2. The smallest absolute Gasteiger partial charge is 0.125 e. The summed E-state index contributed by atoms with van der Waals surface area (Å²) in [5.41, 5.74) is 2.56. The summed E-state index contributed by atoms with van der Waals surface area (Å²) < 4.78 is 5.57. The second-order valence-corrected chi connectivity index (χ2v) is 5.68. The summed E-state index contributed by atoms with van der Waals surface area (Å²) in [5.74, 6) is 0.968. The number of benzene rings is 1. The molecule has 1 saturated heterocycles. The Morgan fingerprint density at radius 1 is 1.35 bits per heavy atom. The average molecular weight is 277 g/mol. The molecule has 0 amide bonds. The standard InChI is InChI=1S/C16H27N3O/c1-12-11-19(10-9-18(12)4)14-7-6-8-15(20-5)16(14)13(2)17-3/h6-8,12-13,17H,9-11H2,1-5H3. The normalized spacial score (nSPS) is 21.9. The van der Waals surface area contributed by atoms with E-state index in [2.05, 4.69) is 48.1 Å². The first kappa shape index (κ1) is 15.1. The maximum atomic E-state index is 5.57. The number of piperazine rings is 1. The Bertz CT molecular complexity index is 449. The Kier molecular flexibility index (Phi) is 4.89. The van der Waals surface area contributed by atoms with Crippen LogP contribution < -0.4 is 15.0 Å². The van der Waals surface area contributed by atoms with Gasteiger partial charge < -0.3 is 19.9 Å². The van der Waals surface area contributed by atoms with Crippen LogP contribution in [0.2, 0.25) is 0 Å². The fraction of sp³-hybridized carbons (Fsp3) is 0.625. The number of nitrogens with one attached hydrogen (secondary N) is 1. The Morgan fingerprint density at radius 2 is 2.10 bits per heavy atom. The van der Waals surface area contributed by atoms with Gasteiger partial charge in [-0.25, -0.2) is 0 Å². The van der Waals surface area contributed by atoms with Crippen LogP contribution in [0.15, 0.2) is 18.2 Å². The maximum absolute atomic E-state index is 5.57. The summed E-state index contributed by atoms with van der Waals surface area (Å²) in [4.78, 5) is 4.90. The van der Waals surface area contributed by atoms with Crippen molar-refractivity contribution in [2.45, 2.75) is 25.9 Å². The zero-order valence-electron chi connectivity index (χ0n) is 13.3. The van der Waals surface area contributed by atoms with Crippen LogP contribution in [-0.4, -0.2) is 51.8 Å². The minimum atomic E-state index is 0.274. The van der Waals surface area contributed by atoms with Crippen molar-refractivity contribution in [3.63, 3.8) is 0 Å². The molecule has 1 heterocycles. The Morgan fingerprint density at radius 3 is 2.70 bits per heavy atom. The van der Waals surface area contributed by atoms with Gasteiger partial charge in [-0.05, 0) is 40.1 Å². The van der Waals surface area contributed by atoms with E-state index >= 15 is 0 Å². The Hall–Kier alpha value is -1.26. The highest BCUT2D eigenvalue weighted by Crippen LogP contribution is 2.35. The molecule has 1 aromatic rings. The van der Waals surface area contributed by atoms with Crippen molar-refractivity contribution in [1.82, 2.24) is 10.2 Å². The van der Waals surface area contributed by atoms with Crippen LogP contribution in [-0.2, 0) is 0 Å². The summed E-state index contributed by atoms with van der Waals surface area (Å²) in [5, 5.41) is 3.34. The first-order valence-corrected chi connectivity index (χ1v) is 7.37. The SMILES string of the molecule is CNC(C)c1c(OC)cccc1N1CCN(C)C(C)C1. The van der Waals surface area contributed by atoms with Crippen molar-refractivity contribution >= 4 is 5.69 Å². The van der Waals surface area contributed by atoms with E-state index in [1.165, 1.54) is 11.3 Å². The second kappa shape index (κ2) is 6.46. The highest BCUT2D eigenvalue weighted by molar-refractivity contribution is 5.61.